The summed E-state index contributed by atoms with van der Waals surface area (Å²) in [7, 11) is 1.44. The molecule has 0 aliphatic carbocycles. The Morgan fingerprint density at radius 3 is 2.78 bits per heavy atom. The summed E-state index contributed by atoms with van der Waals surface area (Å²) in [4.78, 5) is 42.5. The Hall–Kier alpha value is -4.45. The lowest BCUT2D eigenvalue weighted by Gasteiger charge is -2.24. The molecule has 0 spiro atoms. The molecule has 5 rings (SSSR count). The zero-order chi connectivity index (χ0) is 26.3. The molecule has 2 aromatic carbocycles. The average Bonchev–Trinajstić information content (AvgIpc) is 3.46. The van der Waals surface area contributed by atoms with Crippen LogP contribution in [0.2, 0.25) is 0 Å². The average molecular weight is 524 g/mol. The number of fused-ring (bicyclic) bond motifs is 2. The van der Waals surface area contributed by atoms with Gasteiger partial charge in [0.1, 0.15) is 5.75 Å². The predicted molar refractivity (Wildman–Crippen MR) is 133 cm³/mol. The number of methoxy groups -OCH3 is 1. The van der Waals surface area contributed by atoms with Gasteiger partial charge in [-0.3, -0.25) is 19.5 Å². The Morgan fingerprint density at radius 2 is 2.05 bits per heavy atom. The van der Waals surface area contributed by atoms with Crippen LogP contribution in [-0.2, 0) is 9.53 Å². The van der Waals surface area contributed by atoms with Gasteiger partial charge in [-0.05, 0) is 43.7 Å². The van der Waals surface area contributed by atoms with Crippen LogP contribution in [0, 0.1) is 10.1 Å². The van der Waals surface area contributed by atoms with E-state index < -0.39 is 22.5 Å². The number of rotatable bonds is 6. The first kappa shape index (κ1) is 24.3. The molecule has 0 radical (unpaired) electrons. The number of hydrogen-bond donors (Lipinski definition) is 0. The van der Waals surface area contributed by atoms with Gasteiger partial charge < -0.3 is 18.9 Å². The van der Waals surface area contributed by atoms with E-state index in [0.29, 0.717) is 38.9 Å². The molecule has 37 heavy (non-hydrogen) atoms. The molecule has 0 unspecified atom stereocenters. The normalized spacial score (nSPS) is 16.3. The van der Waals surface area contributed by atoms with Crippen molar-refractivity contribution < 1.29 is 28.7 Å². The summed E-state index contributed by atoms with van der Waals surface area (Å²) in [6, 6.07) is 8.51. The number of aromatic nitrogens is 1. The SMILES string of the molecule is CCOC(=O)C1=C(C)N=c2s/c(=C/c3cc([N+](=O)[O-])ccc3OC)c(=O)n2[C@@H]1c1ccc2c(c1)OCO2. The first-order chi connectivity index (χ1) is 17.8. The Labute approximate surface area is 213 Å². The quantitative estimate of drug-likeness (QED) is 0.274. The smallest absolute Gasteiger partial charge is 0.338 e. The van der Waals surface area contributed by atoms with Gasteiger partial charge in [-0.25, -0.2) is 9.79 Å². The van der Waals surface area contributed by atoms with Crippen LogP contribution in [0.3, 0.4) is 0 Å². The van der Waals surface area contributed by atoms with Crippen molar-refractivity contribution in [3.05, 3.63) is 88.6 Å². The number of nitrogens with zero attached hydrogens (tertiary/aromatic N) is 3. The molecular formula is C25H21N3O8S. The molecule has 0 saturated carbocycles. The van der Waals surface area contributed by atoms with Gasteiger partial charge in [0.2, 0.25) is 6.79 Å². The van der Waals surface area contributed by atoms with Crippen molar-refractivity contribution in [1.29, 1.82) is 0 Å². The summed E-state index contributed by atoms with van der Waals surface area (Å²) in [6.07, 6.45) is 1.52. The standard InChI is InChI=1S/C25H21N3O8S/c1-4-34-24(30)21-13(2)26-25-27(22(21)14-5-7-18-19(10-14)36-12-35-18)23(29)20(37-25)11-15-9-16(28(31)32)6-8-17(15)33-3/h5-11,22H,4,12H2,1-3H3/b20-11+/t22-/m1/s1. The van der Waals surface area contributed by atoms with Gasteiger partial charge in [0.15, 0.2) is 16.3 Å². The van der Waals surface area contributed by atoms with Crippen molar-refractivity contribution >= 4 is 29.1 Å². The van der Waals surface area contributed by atoms with Gasteiger partial charge in [0.05, 0.1) is 40.5 Å². The van der Waals surface area contributed by atoms with Gasteiger partial charge in [-0.2, -0.15) is 0 Å². The maximum Gasteiger partial charge on any atom is 0.338 e. The fourth-order valence-electron chi connectivity index (χ4n) is 4.28. The Bertz CT molecular complexity index is 1650. The molecule has 0 N–H and O–H groups in total. The van der Waals surface area contributed by atoms with Crippen molar-refractivity contribution in [2.45, 2.75) is 19.9 Å². The van der Waals surface area contributed by atoms with Crippen LogP contribution in [0.15, 0.2) is 57.5 Å². The number of non-ortho nitro benzene ring substituents is 1. The van der Waals surface area contributed by atoms with E-state index in [4.69, 9.17) is 18.9 Å². The third kappa shape index (κ3) is 4.25. The second-order valence-electron chi connectivity index (χ2n) is 8.10. The van der Waals surface area contributed by atoms with Crippen LogP contribution in [0.4, 0.5) is 5.69 Å². The van der Waals surface area contributed by atoms with E-state index in [1.165, 1.54) is 36.0 Å². The molecule has 0 amide bonds. The fourth-order valence-corrected chi connectivity index (χ4v) is 5.32. The van der Waals surface area contributed by atoms with Crippen LogP contribution in [0.5, 0.6) is 17.2 Å². The lowest BCUT2D eigenvalue weighted by Crippen LogP contribution is -2.39. The van der Waals surface area contributed by atoms with Crippen molar-refractivity contribution in [3.8, 4) is 17.2 Å². The summed E-state index contributed by atoms with van der Waals surface area (Å²) in [5, 5.41) is 11.3. The lowest BCUT2D eigenvalue weighted by molar-refractivity contribution is -0.384. The van der Waals surface area contributed by atoms with Crippen LogP contribution in [0.1, 0.15) is 31.0 Å². The molecule has 12 heteroatoms. The largest absolute Gasteiger partial charge is 0.496 e. The van der Waals surface area contributed by atoms with E-state index in [1.54, 1.807) is 32.0 Å². The molecule has 1 atom stereocenters. The molecule has 0 fully saturated rings. The number of carbonyl (C=O) groups is 1. The number of benzene rings is 2. The number of allylic oxidation sites excluding steroid dienone is 1. The minimum Gasteiger partial charge on any atom is -0.496 e. The van der Waals surface area contributed by atoms with Crippen molar-refractivity contribution in [1.82, 2.24) is 4.57 Å². The molecule has 1 aromatic heterocycles. The molecule has 3 heterocycles. The highest BCUT2D eigenvalue weighted by molar-refractivity contribution is 7.07. The number of ether oxygens (including phenoxy) is 4. The summed E-state index contributed by atoms with van der Waals surface area (Å²) in [5.41, 5.74) is 1.06. The summed E-state index contributed by atoms with van der Waals surface area (Å²) >= 11 is 1.11. The third-order valence-electron chi connectivity index (χ3n) is 5.94. The second-order valence-corrected chi connectivity index (χ2v) is 9.11. The van der Waals surface area contributed by atoms with Crippen molar-refractivity contribution in [2.24, 2.45) is 4.99 Å². The van der Waals surface area contributed by atoms with Gasteiger partial charge in [-0.15, -0.1) is 0 Å². The van der Waals surface area contributed by atoms with Gasteiger partial charge in [0, 0.05) is 17.7 Å². The number of carbonyl (C=O) groups excluding carboxylic acids is 1. The zero-order valence-electron chi connectivity index (χ0n) is 20.0. The van der Waals surface area contributed by atoms with Gasteiger partial charge in [-0.1, -0.05) is 17.4 Å². The van der Waals surface area contributed by atoms with E-state index in [-0.39, 0.29) is 29.2 Å². The first-order valence-corrected chi connectivity index (χ1v) is 12.1. The molecule has 0 saturated heterocycles. The number of nitro groups is 1. The van der Waals surface area contributed by atoms with Crippen molar-refractivity contribution in [2.75, 3.05) is 20.5 Å². The monoisotopic (exact) mass is 523 g/mol. The fraction of sp³-hybridized carbons (Fsp3) is 0.240. The molecule has 2 aliphatic rings. The number of esters is 1. The highest BCUT2D eigenvalue weighted by atomic mass is 32.1. The molecular weight excluding hydrogens is 502 g/mol. The minimum atomic E-state index is -0.834. The summed E-state index contributed by atoms with van der Waals surface area (Å²) in [5.74, 6) is 0.847. The van der Waals surface area contributed by atoms with Gasteiger partial charge in [0.25, 0.3) is 11.2 Å². The summed E-state index contributed by atoms with van der Waals surface area (Å²) in [6.45, 7) is 3.62. The van der Waals surface area contributed by atoms with Crippen LogP contribution in [0.25, 0.3) is 6.08 Å². The van der Waals surface area contributed by atoms with Crippen LogP contribution in [-0.4, -0.2) is 36.0 Å². The van der Waals surface area contributed by atoms with E-state index >= 15 is 0 Å². The predicted octanol–water partition coefficient (Wildman–Crippen LogP) is 2.44. The summed E-state index contributed by atoms with van der Waals surface area (Å²) < 4.78 is 23.3. The number of hydrogen-bond acceptors (Lipinski definition) is 10. The maximum absolute atomic E-state index is 13.8. The number of thiazole rings is 1. The topological polar surface area (TPSA) is 131 Å². The van der Waals surface area contributed by atoms with Crippen LogP contribution < -0.4 is 29.1 Å². The van der Waals surface area contributed by atoms with E-state index in [0.717, 1.165) is 11.3 Å². The minimum absolute atomic E-state index is 0.0756. The van der Waals surface area contributed by atoms with Crippen molar-refractivity contribution in [3.63, 3.8) is 0 Å². The van der Waals surface area contributed by atoms with E-state index in [1.807, 2.05) is 0 Å². The Balaban J connectivity index is 1.73. The van der Waals surface area contributed by atoms with Gasteiger partial charge >= 0.3 is 5.97 Å². The highest BCUT2D eigenvalue weighted by Gasteiger charge is 2.34. The van der Waals surface area contributed by atoms with E-state index in [2.05, 4.69) is 4.99 Å². The Kier molecular flexibility index (Phi) is 6.25. The Morgan fingerprint density at radius 1 is 1.27 bits per heavy atom. The molecule has 0 bridgehead atoms. The molecule has 3 aromatic rings. The molecule has 11 nitrogen and oxygen atoms in total. The first-order valence-electron chi connectivity index (χ1n) is 11.2. The van der Waals surface area contributed by atoms with E-state index in [9.17, 15) is 19.7 Å². The van der Waals surface area contributed by atoms with Crippen LogP contribution >= 0.6 is 11.3 Å². The number of nitro benzene ring substituents is 1. The third-order valence-corrected chi connectivity index (χ3v) is 6.92. The highest BCUT2D eigenvalue weighted by Crippen LogP contribution is 2.38. The molecule has 190 valence electrons. The maximum atomic E-state index is 13.8. The second kappa shape index (κ2) is 9.54. The molecule has 2 aliphatic heterocycles. The zero-order valence-corrected chi connectivity index (χ0v) is 20.9. The lowest BCUT2D eigenvalue weighted by atomic mass is 9.95.